The topological polar surface area (TPSA) is 68.8 Å². The lowest BCUT2D eigenvalue weighted by Gasteiger charge is -2.33. The highest BCUT2D eigenvalue weighted by Crippen LogP contribution is 2.09. The van der Waals surface area contributed by atoms with Gasteiger partial charge in [0.15, 0.2) is 6.79 Å². The Morgan fingerprint density at radius 1 is 1.32 bits per heavy atom. The predicted octanol–water partition coefficient (Wildman–Crippen LogP) is 0.818. The van der Waals surface area contributed by atoms with Gasteiger partial charge < -0.3 is 19.5 Å². The standard InChI is InChI=1S/C13H26N2O4/c1-8(2)6-9(3)14-12(16)11(10(4)17-5)15-13-18-7-19-13/h8-11,13,15H,6-7H2,1-5H3,(H,14,16)/t9-,10+,11-/m0/s1. The Morgan fingerprint density at radius 3 is 2.37 bits per heavy atom. The second kappa shape index (κ2) is 7.79. The van der Waals surface area contributed by atoms with E-state index in [0.29, 0.717) is 5.92 Å². The molecule has 19 heavy (non-hydrogen) atoms. The monoisotopic (exact) mass is 274 g/mol. The van der Waals surface area contributed by atoms with E-state index in [9.17, 15) is 4.79 Å². The van der Waals surface area contributed by atoms with Gasteiger partial charge in [-0.3, -0.25) is 10.1 Å². The summed E-state index contributed by atoms with van der Waals surface area (Å²) in [6.07, 6.45) is 0.156. The van der Waals surface area contributed by atoms with Crippen molar-refractivity contribution in [3.63, 3.8) is 0 Å². The minimum absolute atomic E-state index is 0.0957. The first kappa shape index (κ1) is 16.4. The molecule has 1 rings (SSSR count). The molecule has 0 aromatic carbocycles. The van der Waals surface area contributed by atoms with Crippen molar-refractivity contribution in [2.45, 2.75) is 58.7 Å². The van der Waals surface area contributed by atoms with Gasteiger partial charge in [0.05, 0.1) is 6.10 Å². The molecular formula is C13H26N2O4. The molecule has 0 unspecified atom stereocenters. The van der Waals surface area contributed by atoms with Crippen molar-refractivity contribution in [2.75, 3.05) is 13.9 Å². The molecule has 1 fully saturated rings. The van der Waals surface area contributed by atoms with E-state index in [-0.39, 0.29) is 24.8 Å². The van der Waals surface area contributed by atoms with Crippen LogP contribution >= 0.6 is 0 Å². The molecule has 2 N–H and O–H groups in total. The maximum absolute atomic E-state index is 12.2. The largest absolute Gasteiger partial charge is 0.380 e. The molecule has 0 aliphatic carbocycles. The highest BCUT2D eigenvalue weighted by molar-refractivity contribution is 5.82. The van der Waals surface area contributed by atoms with Crippen molar-refractivity contribution in [2.24, 2.45) is 5.92 Å². The van der Waals surface area contributed by atoms with Gasteiger partial charge in [-0.2, -0.15) is 0 Å². The van der Waals surface area contributed by atoms with Crippen molar-refractivity contribution in [3.05, 3.63) is 0 Å². The van der Waals surface area contributed by atoms with Crippen molar-refractivity contribution < 1.29 is 19.0 Å². The molecule has 1 saturated heterocycles. The van der Waals surface area contributed by atoms with Crippen LogP contribution in [0.25, 0.3) is 0 Å². The fraction of sp³-hybridized carbons (Fsp3) is 0.923. The number of hydrogen-bond acceptors (Lipinski definition) is 5. The number of ether oxygens (including phenoxy) is 3. The number of amides is 1. The van der Waals surface area contributed by atoms with Crippen LogP contribution in [0.3, 0.4) is 0 Å². The Morgan fingerprint density at radius 2 is 1.95 bits per heavy atom. The van der Waals surface area contributed by atoms with Crippen molar-refractivity contribution in [3.8, 4) is 0 Å². The first-order valence-electron chi connectivity index (χ1n) is 6.76. The van der Waals surface area contributed by atoms with Crippen LogP contribution in [-0.4, -0.2) is 44.4 Å². The lowest BCUT2D eigenvalue weighted by Crippen LogP contribution is -2.59. The predicted molar refractivity (Wildman–Crippen MR) is 71.3 cm³/mol. The average molecular weight is 274 g/mol. The minimum atomic E-state index is -0.520. The van der Waals surface area contributed by atoms with E-state index >= 15 is 0 Å². The van der Waals surface area contributed by atoms with Crippen LogP contribution in [0.5, 0.6) is 0 Å². The zero-order valence-corrected chi connectivity index (χ0v) is 12.4. The highest BCUT2D eigenvalue weighted by atomic mass is 16.9. The molecule has 0 saturated carbocycles. The number of carbonyl (C=O) groups is 1. The van der Waals surface area contributed by atoms with Crippen LogP contribution in [0.4, 0.5) is 0 Å². The zero-order chi connectivity index (χ0) is 14.4. The maximum atomic E-state index is 12.2. The second-order valence-corrected chi connectivity index (χ2v) is 5.41. The highest BCUT2D eigenvalue weighted by Gasteiger charge is 2.31. The summed E-state index contributed by atoms with van der Waals surface area (Å²) in [5.41, 5.74) is 0. The molecule has 0 bridgehead atoms. The molecule has 0 aromatic rings. The first-order chi connectivity index (χ1) is 8.93. The lowest BCUT2D eigenvalue weighted by atomic mass is 10.0. The smallest absolute Gasteiger partial charge is 0.240 e. The number of carbonyl (C=O) groups excluding carboxylic acids is 1. The Labute approximate surface area is 115 Å². The lowest BCUT2D eigenvalue weighted by molar-refractivity contribution is -0.336. The Balaban J connectivity index is 2.49. The van der Waals surface area contributed by atoms with Gasteiger partial charge in [-0.05, 0) is 26.2 Å². The van der Waals surface area contributed by atoms with E-state index in [0.717, 1.165) is 6.42 Å². The van der Waals surface area contributed by atoms with Gasteiger partial charge in [-0.25, -0.2) is 0 Å². The summed E-state index contributed by atoms with van der Waals surface area (Å²) in [5, 5.41) is 5.97. The summed E-state index contributed by atoms with van der Waals surface area (Å²) in [5.74, 6) is 0.446. The third kappa shape index (κ3) is 5.44. The Bertz CT molecular complexity index is 282. The third-order valence-corrected chi connectivity index (χ3v) is 3.09. The van der Waals surface area contributed by atoms with Crippen LogP contribution < -0.4 is 10.6 Å². The van der Waals surface area contributed by atoms with Gasteiger partial charge in [-0.15, -0.1) is 0 Å². The molecule has 112 valence electrons. The number of rotatable bonds is 8. The fourth-order valence-corrected chi connectivity index (χ4v) is 2.04. The first-order valence-corrected chi connectivity index (χ1v) is 6.76. The van der Waals surface area contributed by atoms with E-state index in [1.807, 2.05) is 13.8 Å². The van der Waals surface area contributed by atoms with Crippen molar-refractivity contribution in [1.82, 2.24) is 10.6 Å². The molecule has 6 nitrogen and oxygen atoms in total. The summed E-state index contributed by atoms with van der Waals surface area (Å²) in [7, 11) is 1.58. The average Bonchev–Trinajstić information content (AvgIpc) is 2.25. The molecule has 6 heteroatoms. The summed E-state index contributed by atoms with van der Waals surface area (Å²) < 4.78 is 15.4. The molecule has 1 amide bonds. The molecule has 1 aliphatic rings. The van der Waals surface area contributed by atoms with Gasteiger partial charge in [0.2, 0.25) is 12.3 Å². The van der Waals surface area contributed by atoms with Gasteiger partial charge in [0.1, 0.15) is 6.04 Å². The SMILES string of the molecule is CO[C@H](C)[C@H](NC1OCO1)C(=O)N[C@@H](C)CC(C)C. The van der Waals surface area contributed by atoms with E-state index in [2.05, 4.69) is 24.5 Å². The van der Waals surface area contributed by atoms with E-state index in [1.165, 1.54) is 0 Å². The van der Waals surface area contributed by atoms with Crippen molar-refractivity contribution >= 4 is 5.91 Å². The summed E-state index contributed by atoms with van der Waals surface area (Å²) >= 11 is 0. The van der Waals surface area contributed by atoms with Gasteiger partial charge in [0, 0.05) is 13.2 Å². The van der Waals surface area contributed by atoms with Crippen LogP contribution in [0.2, 0.25) is 0 Å². The molecule has 0 spiro atoms. The van der Waals surface area contributed by atoms with E-state index in [4.69, 9.17) is 14.2 Å². The van der Waals surface area contributed by atoms with E-state index < -0.39 is 12.5 Å². The molecule has 0 radical (unpaired) electrons. The zero-order valence-electron chi connectivity index (χ0n) is 12.4. The van der Waals surface area contributed by atoms with Gasteiger partial charge >= 0.3 is 0 Å². The molecule has 3 atom stereocenters. The molecule has 1 aliphatic heterocycles. The van der Waals surface area contributed by atoms with Crippen LogP contribution in [0.1, 0.15) is 34.1 Å². The molecule has 1 heterocycles. The molecule has 0 aromatic heterocycles. The maximum Gasteiger partial charge on any atom is 0.240 e. The minimum Gasteiger partial charge on any atom is -0.380 e. The number of nitrogens with one attached hydrogen (secondary N) is 2. The summed E-state index contributed by atoms with van der Waals surface area (Å²) in [4.78, 5) is 12.2. The van der Waals surface area contributed by atoms with Crippen LogP contribution in [0, 0.1) is 5.92 Å². The fourth-order valence-electron chi connectivity index (χ4n) is 2.04. The summed E-state index contributed by atoms with van der Waals surface area (Å²) in [6, 6.07) is -0.367. The second-order valence-electron chi connectivity index (χ2n) is 5.41. The van der Waals surface area contributed by atoms with Crippen molar-refractivity contribution in [1.29, 1.82) is 0 Å². The van der Waals surface area contributed by atoms with Crippen LogP contribution in [0.15, 0.2) is 0 Å². The number of hydrogen-bond donors (Lipinski definition) is 2. The van der Waals surface area contributed by atoms with Gasteiger partial charge in [-0.1, -0.05) is 13.8 Å². The Hall–Kier alpha value is -0.690. The normalized spacial score (nSPS) is 20.7. The quantitative estimate of drug-likeness (QED) is 0.686. The van der Waals surface area contributed by atoms with E-state index in [1.54, 1.807) is 7.11 Å². The summed E-state index contributed by atoms with van der Waals surface area (Å²) in [6.45, 7) is 8.36. The number of methoxy groups -OCH3 is 1. The van der Waals surface area contributed by atoms with Crippen LogP contribution in [-0.2, 0) is 19.0 Å². The molecular weight excluding hydrogens is 248 g/mol. The Kier molecular flexibility index (Phi) is 6.71. The third-order valence-electron chi connectivity index (χ3n) is 3.09. The van der Waals surface area contributed by atoms with Gasteiger partial charge in [0.25, 0.3) is 0 Å².